The van der Waals surface area contributed by atoms with E-state index in [4.69, 9.17) is 5.73 Å². The second kappa shape index (κ2) is 5.87. The Morgan fingerprint density at radius 2 is 2.29 bits per heavy atom. The van der Waals surface area contributed by atoms with Crippen LogP contribution in [0.5, 0.6) is 0 Å². The van der Waals surface area contributed by atoms with E-state index in [0.717, 1.165) is 18.2 Å². The summed E-state index contributed by atoms with van der Waals surface area (Å²) in [5.74, 6) is 0.903. The van der Waals surface area contributed by atoms with Gasteiger partial charge in [0.25, 0.3) is 0 Å². The molecule has 2 rings (SSSR count). The number of likely N-dealkylation sites (tertiary alicyclic amines) is 1. The minimum atomic E-state index is 0.854. The SMILES string of the molecule is CCCC1CCN(Cc2cc(N)ccc2Br)C1. The molecule has 1 aromatic carbocycles. The summed E-state index contributed by atoms with van der Waals surface area (Å²) in [4.78, 5) is 2.54. The van der Waals surface area contributed by atoms with Gasteiger partial charge >= 0.3 is 0 Å². The van der Waals surface area contributed by atoms with Crippen LogP contribution in [0.25, 0.3) is 0 Å². The molecule has 17 heavy (non-hydrogen) atoms. The lowest BCUT2D eigenvalue weighted by molar-refractivity contribution is 0.312. The Balaban J connectivity index is 1.95. The van der Waals surface area contributed by atoms with Crippen molar-refractivity contribution in [3.8, 4) is 0 Å². The highest BCUT2D eigenvalue weighted by atomic mass is 79.9. The highest BCUT2D eigenvalue weighted by Gasteiger charge is 2.21. The fraction of sp³-hybridized carbons (Fsp3) is 0.571. The fourth-order valence-electron chi connectivity index (χ4n) is 2.66. The van der Waals surface area contributed by atoms with Gasteiger partial charge in [0.2, 0.25) is 0 Å². The van der Waals surface area contributed by atoms with E-state index in [2.05, 4.69) is 33.8 Å². The van der Waals surface area contributed by atoms with Crippen molar-refractivity contribution in [3.05, 3.63) is 28.2 Å². The molecule has 0 bridgehead atoms. The molecule has 1 fully saturated rings. The van der Waals surface area contributed by atoms with Crippen LogP contribution in [-0.4, -0.2) is 18.0 Å². The lowest BCUT2D eigenvalue weighted by atomic mass is 10.0. The lowest BCUT2D eigenvalue weighted by Gasteiger charge is -2.17. The van der Waals surface area contributed by atoms with Crippen LogP contribution in [0.2, 0.25) is 0 Å². The van der Waals surface area contributed by atoms with Crippen LogP contribution in [-0.2, 0) is 6.54 Å². The van der Waals surface area contributed by atoms with Crippen molar-refractivity contribution in [1.29, 1.82) is 0 Å². The van der Waals surface area contributed by atoms with E-state index in [0.29, 0.717) is 0 Å². The van der Waals surface area contributed by atoms with Gasteiger partial charge in [0, 0.05) is 23.2 Å². The molecule has 94 valence electrons. The molecule has 3 heteroatoms. The van der Waals surface area contributed by atoms with Crippen molar-refractivity contribution in [2.45, 2.75) is 32.7 Å². The van der Waals surface area contributed by atoms with Gasteiger partial charge in [-0.1, -0.05) is 29.3 Å². The van der Waals surface area contributed by atoms with E-state index >= 15 is 0 Å². The summed E-state index contributed by atoms with van der Waals surface area (Å²) in [6.07, 6.45) is 4.03. The topological polar surface area (TPSA) is 29.3 Å². The van der Waals surface area contributed by atoms with Crippen LogP contribution >= 0.6 is 15.9 Å². The van der Waals surface area contributed by atoms with Gasteiger partial charge in [0.15, 0.2) is 0 Å². The number of nitrogens with two attached hydrogens (primary N) is 1. The van der Waals surface area contributed by atoms with Crippen LogP contribution in [0.15, 0.2) is 22.7 Å². The Labute approximate surface area is 112 Å². The molecular formula is C14H21BrN2. The van der Waals surface area contributed by atoms with Crippen LogP contribution in [0.1, 0.15) is 31.7 Å². The average molecular weight is 297 g/mol. The zero-order chi connectivity index (χ0) is 12.3. The van der Waals surface area contributed by atoms with Crippen molar-refractivity contribution in [2.24, 2.45) is 5.92 Å². The number of rotatable bonds is 4. The maximum atomic E-state index is 5.84. The summed E-state index contributed by atoms with van der Waals surface area (Å²) in [5, 5.41) is 0. The van der Waals surface area contributed by atoms with Gasteiger partial charge < -0.3 is 5.73 Å². The predicted molar refractivity (Wildman–Crippen MR) is 76.8 cm³/mol. The number of hydrogen-bond donors (Lipinski definition) is 1. The van der Waals surface area contributed by atoms with Crippen molar-refractivity contribution >= 4 is 21.6 Å². The second-order valence-electron chi connectivity index (χ2n) is 5.03. The Kier molecular flexibility index (Phi) is 4.46. The smallest absolute Gasteiger partial charge is 0.0318 e. The summed E-state index contributed by atoms with van der Waals surface area (Å²) in [6, 6.07) is 6.07. The summed E-state index contributed by atoms with van der Waals surface area (Å²) in [5.41, 5.74) is 8.00. The molecule has 1 aliphatic heterocycles. The Hall–Kier alpha value is -0.540. The maximum Gasteiger partial charge on any atom is 0.0318 e. The van der Waals surface area contributed by atoms with Crippen LogP contribution < -0.4 is 5.73 Å². The molecule has 1 heterocycles. The minimum Gasteiger partial charge on any atom is -0.399 e. The maximum absolute atomic E-state index is 5.84. The first-order valence-electron chi connectivity index (χ1n) is 6.45. The number of anilines is 1. The number of halogens is 1. The molecule has 0 aliphatic carbocycles. The fourth-order valence-corrected chi connectivity index (χ4v) is 3.03. The third-order valence-corrected chi connectivity index (χ3v) is 4.30. The quantitative estimate of drug-likeness (QED) is 0.860. The van der Waals surface area contributed by atoms with Crippen molar-refractivity contribution in [2.75, 3.05) is 18.8 Å². The van der Waals surface area contributed by atoms with Crippen molar-refractivity contribution < 1.29 is 0 Å². The molecule has 0 amide bonds. The molecule has 1 unspecified atom stereocenters. The highest BCUT2D eigenvalue weighted by Crippen LogP contribution is 2.26. The van der Waals surface area contributed by atoms with E-state index < -0.39 is 0 Å². The first-order valence-corrected chi connectivity index (χ1v) is 7.24. The predicted octanol–water partition coefficient (Wildman–Crippen LogP) is 3.65. The number of nitrogen functional groups attached to an aromatic ring is 1. The molecule has 0 saturated carbocycles. The van der Waals surface area contributed by atoms with Gasteiger partial charge in [-0.25, -0.2) is 0 Å². The first kappa shape index (κ1) is 12.9. The van der Waals surface area contributed by atoms with Crippen molar-refractivity contribution in [3.63, 3.8) is 0 Å². The molecule has 0 aromatic heterocycles. The molecule has 1 saturated heterocycles. The van der Waals surface area contributed by atoms with Gasteiger partial charge in [0.1, 0.15) is 0 Å². The number of hydrogen-bond acceptors (Lipinski definition) is 2. The summed E-state index contributed by atoms with van der Waals surface area (Å²) < 4.78 is 1.17. The van der Waals surface area contributed by atoms with Gasteiger partial charge in [-0.05, 0) is 49.1 Å². The van der Waals surface area contributed by atoms with Gasteiger partial charge in [-0.2, -0.15) is 0 Å². The molecule has 2 nitrogen and oxygen atoms in total. The summed E-state index contributed by atoms with van der Waals surface area (Å²) in [6.45, 7) is 5.77. The molecule has 1 aromatic rings. The normalized spacial score (nSPS) is 20.9. The Morgan fingerprint density at radius 3 is 3.06 bits per heavy atom. The molecule has 2 N–H and O–H groups in total. The van der Waals surface area contributed by atoms with Crippen molar-refractivity contribution in [1.82, 2.24) is 4.90 Å². The van der Waals surface area contributed by atoms with E-state index in [-0.39, 0.29) is 0 Å². The zero-order valence-corrected chi connectivity index (χ0v) is 12.0. The Bertz CT molecular complexity index is 378. The molecular weight excluding hydrogens is 276 g/mol. The number of nitrogens with zero attached hydrogens (tertiary/aromatic N) is 1. The molecule has 0 radical (unpaired) electrons. The van der Waals surface area contributed by atoms with E-state index in [1.807, 2.05) is 12.1 Å². The van der Waals surface area contributed by atoms with Crippen LogP contribution in [0.3, 0.4) is 0 Å². The zero-order valence-electron chi connectivity index (χ0n) is 10.5. The molecule has 1 aliphatic rings. The third-order valence-electron chi connectivity index (χ3n) is 3.53. The Morgan fingerprint density at radius 1 is 1.47 bits per heavy atom. The van der Waals surface area contributed by atoms with Gasteiger partial charge in [0.05, 0.1) is 0 Å². The van der Waals surface area contributed by atoms with Crippen LogP contribution in [0, 0.1) is 5.92 Å². The monoisotopic (exact) mass is 296 g/mol. The standard InChI is InChI=1S/C14H21BrN2/c1-2-3-11-6-7-17(9-11)10-12-8-13(16)4-5-14(12)15/h4-5,8,11H,2-3,6-7,9-10,16H2,1H3. The molecule has 0 spiro atoms. The van der Waals surface area contributed by atoms with Gasteiger partial charge in [-0.3, -0.25) is 4.90 Å². The average Bonchev–Trinajstić information content (AvgIpc) is 2.72. The van der Waals surface area contributed by atoms with Crippen LogP contribution in [0.4, 0.5) is 5.69 Å². The molecule has 1 atom stereocenters. The lowest BCUT2D eigenvalue weighted by Crippen LogP contribution is -2.20. The largest absolute Gasteiger partial charge is 0.399 e. The van der Waals surface area contributed by atoms with Gasteiger partial charge in [-0.15, -0.1) is 0 Å². The van der Waals surface area contributed by atoms with E-state index in [1.165, 1.54) is 42.4 Å². The summed E-state index contributed by atoms with van der Waals surface area (Å²) >= 11 is 3.60. The third kappa shape index (κ3) is 3.46. The van der Waals surface area contributed by atoms with E-state index in [9.17, 15) is 0 Å². The minimum absolute atomic E-state index is 0.854. The first-order chi connectivity index (χ1) is 8.19. The highest BCUT2D eigenvalue weighted by molar-refractivity contribution is 9.10. The second-order valence-corrected chi connectivity index (χ2v) is 5.88. The van der Waals surface area contributed by atoms with E-state index in [1.54, 1.807) is 0 Å². The summed E-state index contributed by atoms with van der Waals surface area (Å²) in [7, 11) is 0. The number of benzene rings is 1.